The summed E-state index contributed by atoms with van der Waals surface area (Å²) in [6, 6.07) is 14.6. The number of amides is 2. The second-order valence-electron chi connectivity index (χ2n) is 7.55. The van der Waals surface area contributed by atoms with Crippen molar-refractivity contribution in [2.45, 2.75) is 26.2 Å². The maximum atomic E-state index is 13.0. The Morgan fingerprint density at radius 3 is 2.52 bits per heavy atom. The summed E-state index contributed by atoms with van der Waals surface area (Å²) in [6.45, 7) is 2.57. The van der Waals surface area contributed by atoms with Crippen molar-refractivity contribution in [3.8, 4) is 0 Å². The highest BCUT2D eigenvalue weighted by Crippen LogP contribution is 2.26. The van der Waals surface area contributed by atoms with Crippen molar-refractivity contribution in [3.05, 3.63) is 71.5 Å². The molecule has 0 unspecified atom stereocenters. The lowest BCUT2D eigenvalue weighted by Gasteiger charge is -2.25. The van der Waals surface area contributed by atoms with Crippen LogP contribution in [0.4, 0.5) is 5.69 Å². The van der Waals surface area contributed by atoms with E-state index < -0.39 is 5.91 Å². The fraction of sp³-hybridized carbons (Fsp3) is 0.261. The van der Waals surface area contributed by atoms with Gasteiger partial charge in [-0.05, 0) is 54.2 Å². The number of pyridine rings is 1. The molecule has 0 aliphatic heterocycles. The summed E-state index contributed by atoms with van der Waals surface area (Å²) in [5.41, 5.74) is 1.87. The number of aromatic nitrogens is 1. The van der Waals surface area contributed by atoms with Gasteiger partial charge in [-0.25, -0.2) is 0 Å². The minimum absolute atomic E-state index is 0.0107. The van der Waals surface area contributed by atoms with E-state index in [0.717, 1.165) is 33.9 Å². The first-order chi connectivity index (χ1) is 14.0. The van der Waals surface area contributed by atoms with E-state index in [4.69, 9.17) is 0 Å². The van der Waals surface area contributed by atoms with E-state index in [0.29, 0.717) is 18.0 Å². The molecule has 1 aliphatic rings. The number of anilines is 1. The summed E-state index contributed by atoms with van der Waals surface area (Å²) in [6.07, 6.45) is 4.78. The van der Waals surface area contributed by atoms with Crippen LogP contribution in [-0.2, 0) is 0 Å². The first kappa shape index (κ1) is 18.9. The van der Waals surface area contributed by atoms with Gasteiger partial charge in [0.2, 0.25) is 6.20 Å². The molecule has 4 rings (SSSR count). The molecular formula is C23H24N3O3+. The predicted molar refractivity (Wildman–Crippen MR) is 110 cm³/mol. The van der Waals surface area contributed by atoms with Gasteiger partial charge in [-0.3, -0.25) is 14.8 Å². The topological polar surface area (TPSA) is 82.3 Å². The molecule has 0 radical (unpaired) electrons. The zero-order chi connectivity index (χ0) is 20.4. The number of hydrogen-bond acceptors (Lipinski definition) is 3. The highest BCUT2D eigenvalue weighted by atomic mass is 16.5. The summed E-state index contributed by atoms with van der Waals surface area (Å²) in [4.78, 5) is 25.7. The number of aryl methyl sites for hydroxylation is 1. The van der Waals surface area contributed by atoms with Gasteiger partial charge in [-0.2, -0.15) is 0 Å². The van der Waals surface area contributed by atoms with Crippen molar-refractivity contribution < 1.29 is 19.5 Å². The summed E-state index contributed by atoms with van der Waals surface area (Å²) in [7, 11) is 0. The molecule has 1 aromatic heterocycles. The van der Waals surface area contributed by atoms with Crippen LogP contribution in [0, 0.1) is 12.8 Å². The number of nitrogens with one attached hydrogen (secondary N) is 2. The molecule has 148 valence electrons. The van der Waals surface area contributed by atoms with Crippen LogP contribution in [0.15, 0.2) is 54.7 Å². The van der Waals surface area contributed by atoms with Crippen molar-refractivity contribution in [2.24, 2.45) is 5.92 Å². The molecule has 1 heterocycles. The molecule has 2 amide bonds. The third kappa shape index (κ3) is 3.78. The lowest BCUT2D eigenvalue weighted by atomic mass is 9.85. The van der Waals surface area contributed by atoms with Gasteiger partial charge in [0.25, 0.3) is 5.91 Å². The summed E-state index contributed by atoms with van der Waals surface area (Å²) >= 11 is 0. The summed E-state index contributed by atoms with van der Waals surface area (Å²) in [5, 5.41) is 17.7. The Labute approximate surface area is 169 Å². The molecular weight excluding hydrogens is 366 g/mol. The van der Waals surface area contributed by atoms with Gasteiger partial charge < -0.3 is 10.6 Å². The summed E-state index contributed by atoms with van der Waals surface area (Å²) in [5.74, 6) is -0.253. The average molecular weight is 390 g/mol. The molecule has 3 aromatic rings. The Hall–Kier alpha value is -3.41. The number of carbonyl (C=O) groups is 2. The number of nitrogens with zero attached hydrogens (tertiary/aromatic N) is 1. The van der Waals surface area contributed by atoms with E-state index in [9.17, 15) is 14.8 Å². The third-order valence-electron chi connectivity index (χ3n) is 5.60. The minimum Gasteiger partial charge on any atom is -0.346 e. The SMILES string of the molecule is Cc1ccc(C(=O)Nc2ccc[n+](O)c2C(=O)NCC2CCC2)c2ccccc12. The van der Waals surface area contributed by atoms with E-state index >= 15 is 0 Å². The van der Waals surface area contributed by atoms with E-state index in [1.807, 2.05) is 37.3 Å². The fourth-order valence-electron chi connectivity index (χ4n) is 3.68. The number of benzene rings is 2. The first-order valence-corrected chi connectivity index (χ1v) is 9.86. The van der Waals surface area contributed by atoms with E-state index in [1.165, 1.54) is 12.6 Å². The van der Waals surface area contributed by atoms with Crippen LogP contribution in [0.3, 0.4) is 0 Å². The molecule has 29 heavy (non-hydrogen) atoms. The lowest BCUT2D eigenvalue weighted by Crippen LogP contribution is -2.44. The Kier molecular flexibility index (Phi) is 5.16. The van der Waals surface area contributed by atoms with Crippen LogP contribution in [-0.4, -0.2) is 23.6 Å². The van der Waals surface area contributed by atoms with Crippen molar-refractivity contribution in [1.29, 1.82) is 0 Å². The molecule has 1 aliphatic carbocycles. The van der Waals surface area contributed by atoms with Gasteiger partial charge in [-0.15, -0.1) is 0 Å². The van der Waals surface area contributed by atoms with Gasteiger partial charge in [0.15, 0.2) is 0 Å². The van der Waals surface area contributed by atoms with Crippen LogP contribution in [0.1, 0.15) is 45.7 Å². The molecule has 6 heteroatoms. The van der Waals surface area contributed by atoms with Gasteiger partial charge in [-0.1, -0.05) is 36.8 Å². The van der Waals surface area contributed by atoms with Crippen LogP contribution < -0.4 is 15.4 Å². The highest BCUT2D eigenvalue weighted by molar-refractivity contribution is 6.14. The van der Waals surface area contributed by atoms with Crippen LogP contribution >= 0.6 is 0 Å². The number of rotatable bonds is 5. The smallest absolute Gasteiger partial charge is 0.344 e. The standard InChI is InChI=1S/C23H23N3O3/c1-15-11-12-19(18-9-3-2-8-17(15)18)22(27)25-20-10-5-13-26(29)21(20)23(28)24-14-16-6-4-7-16/h2-3,5,8-13,16H,4,6-7,14H2,1H3,(H2-,24,25,27,28,29)/p+1. The third-order valence-corrected chi connectivity index (χ3v) is 5.60. The average Bonchev–Trinajstić information content (AvgIpc) is 2.67. The Balaban J connectivity index is 1.61. The number of fused-ring (bicyclic) bond motifs is 1. The van der Waals surface area contributed by atoms with Crippen LogP contribution in [0.25, 0.3) is 10.8 Å². The van der Waals surface area contributed by atoms with Crippen molar-refractivity contribution in [3.63, 3.8) is 0 Å². The minimum atomic E-state index is -0.413. The second-order valence-corrected chi connectivity index (χ2v) is 7.55. The maximum Gasteiger partial charge on any atom is 0.344 e. The van der Waals surface area contributed by atoms with Gasteiger partial charge in [0.1, 0.15) is 5.69 Å². The normalized spacial score (nSPS) is 13.7. The van der Waals surface area contributed by atoms with E-state index in [-0.39, 0.29) is 17.3 Å². The molecule has 6 nitrogen and oxygen atoms in total. The van der Waals surface area contributed by atoms with Crippen molar-refractivity contribution in [1.82, 2.24) is 5.32 Å². The van der Waals surface area contributed by atoms with E-state index in [2.05, 4.69) is 10.6 Å². The van der Waals surface area contributed by atoms with Gasteiger partial charge in [0.05, 0.1) is 0 Å². The molecule has 0 spiro atoms. The predicted octanol–water partition coefficient (Wildman–Crippen LogP) is 3.46. The van der Waals surface area contributed by atoms with Crippen molar-refractivity contribution in [2.75, 3.05) is 11.9 Å². The quantitative estimate of drug-likeness (QED) is 0.461. The zero-order valence-electron chi connectivity index (χ0n) is 16.3. The molecule has 0 atom stereocenters. The second kappa shape index (κ2) is 7.91. The fourth-order valence-corrected chi connectivity index (χ4v) is 3.68. The van der Waals surface area contributed by atoms with Crippen LogP contribution in [0.5, 0.6) is 0 Å². The molecule has 0 saturated heterocycles. The van der Waals surface area contributed by atoms with Gasteiger partial charge >= 0.3 is 11.6 Å². The zero-order valence-corrected chi connectivity index (χ0v) is 16.3. The molecule has 0 bridgehead atoms. The van der Waals surface area contributed by atoms with E-state index in [1.54, 1.807) is 18.2 Å². The Morgan fingerprint density at radius 2 is 1.79 bits per heavy atom. The Morgan fingerprint density at radius 1 is 1.03 bits per heavy atom. The lowest BCUT2D eigenvalue weighted by molar-refractivity contribution is -0.905. The van der Waals surface area contributed by atoms with Crippen molar-refractivity contribution >= 4 is 28.3 Å². The Bertz CT molecular complexity index is 1090. The summed E-state index contributed by atoms with van der Waals surface area (Å²) < 4.78 is 0.749. The monoisotopic (exact) mass is 390 g/mol. The molecule has 1 fully saturated rings. The number of hydrogen-bond donors (Lipinski definition) is 3. The highest BCUT2D eigenvalue weighted by Gasteiger charge is 2.28. The number of carbonyl (C=O) groups excluding carboxylic acids is 2. The largest absolute Gasteiger partial charge is 0.346 e. The molecule has 2 aromatic carbocycles. The van der Waals surface area contributed by atoms with Gasteiger partial charge in [0, 0.05) is 22.9 Å². The maximum absolute atomic E-state index is 13.0. The molecule has 1 saturated carbocycles. The first-order valence-electron chi connectivity index (χ1n) is 9.86. The molecule has 3 N–H and O–H groups in total. The van der Waals surface area contributed by atoms with Crippen LogP contribution in [0.2, 0.25) is 0 Å².